The highest BCUT2D eigenvalue weighted by molar-refractivity contribution is 6.42. The molecule has 2 atom stereocenters. The highest BCUT2D eigenvalue weighted by atomic mass is 16.5. The molecule has 2 heterocycles. The molecule has 2 unspecified atom stereocenters. The molecule has 1 aromatic rings. The Kier molecular flexibility index (Phi) is 10.7. The van der Waals surface area contributed by atoms with Gasteiger partial charge >= 0.3 is 0 Å². The minimum absolute atomic E-state index is 0.110. The summed E-state index contributed by atoms with van der Waals surface area (Å²) < 4.78 is 10.8. The fraction of sp³-hybridized carbons (Fsp3) is 0.550. The minimum Gasteiger partial charge on any atom is -0.506 e. The lowest BCUT2D eigenvalue weighted by atomic mass is 9.73. The number of carbonyl (C=O) groups is 3. The number of carbonyl (C=O) groups excluding carboxylic acids is 3. The maximum atomic E-state index is 14.4. The van der Waals surface area contributed by atoms with E-state index < -0.39 is 0 Å². The van der Waals surface area contributed by atoms with Crippen molar-refractivity contribution >= 4 is 40.3 Å². The van der Waals surface area contributed by atoms with Crippen LogP contribution in [0, 0.1) is 5.41 Å². The van der Waals surface area contributed by atoms with Gasteiger partial charge in [-0.3, -0.25) is 14.4 Å². The first kappa shape index (κ1) is 37.2. The van der Waals surface area contributed by atoms with Crippen molar-refractivity contribution in [3.05, 3.63) is 63.6 Å². The Labute approximate surface area is 297 Å². The van der Waals surface area contributed by atoms with E-state index in [0.717, 1.165) is 22.5 Å². The highest BCUT2D eigenvalue weighted by Gasteiger charge is 2.48. The van der Waals surface area contributed by atoms with Gasteiger partial charge in [-0.2, -0.15) is 0 Å². The maximum absolute atomic E-state index is 14.4. The number of hydrogen-bond donors (Lipinski definition) is 2. The third-order valence-electron chi connectivity index (χ3n) is 11.3. The molecule has 0 radical (unpaired) electrons. The molecule has 2 aliphatic heterocycles. The predicted octanol–water partition coefficient (Wildman–Crippen LogP) is 6.67. The molecular weight excluding hydrogens is 632 g/mol. The van der Waals surface area contributed by atoms with Crippen LogP contribution >= 0.6 is 0 Å². The van der Waals surface area contributed by atoms with E-state index >= 15 is 0 Å². The average molecular weight is 687 g/mol. The predicted molar refractivity (Wildman–Crippen MR) is 199 cm³/mol. The van der Waals surface area contributed by atoms with Crippen molar-refractivity contribution in [1.29, 1.82) is 0 Å². The lowest BCUT2D eigenvalue weighted by Gasteiger charge is -2.31. The van der Waals surface area contributed by atoms with Gasteiger partial charge in [-0.15, -0.1) is 0 Å². The molecule has 10 heteroatoms. The minimum atomic E-state index is -0.354. The zero-order valence-corrected chi connectivity index (χ0v) is 31.5. The maximum Gasteiger partial charge on any atom is 0.246 e. The summed E-state index contributed by atoms with van der Waals surface area (Å²) in [5.41, 5.74) is 5.38. The first-order valence-electron chi connectivity index (χ1n) is 17.9. The summed E-state index contributed by atoms with van der Waals surface area (Å²) in [6, 6.07) is 4.12. The van der Waals surface area contributed by atoms with Crippen LogP contribution in [0.1, 0.15) is 92.2 Å². The SMILES string of the molecule is CCCC(=O)N=C1C=C2C(=C/C1=C1/C(=O)C(c3cc4c(cc3NC(=O)CCC)N(CCOC)C(C)C4(C)C)=C1O)C(C)(C)C(C)N2CCOC. The Morgan fingerprint density at radius 2 is 1.52 bits per heavy atom. The number of nitrogens with one attached hydrogen (secondary N) is 1. The molecule has 4 aliphatic rings. The summed E-state index contributed by atoms with van der Waals surface area (Å²) in [7, 11) is 3.35. The normalized spacial score (nSPS) is 24.3. The average Bonchev–Trinajstić information content (AvgIpc) is 3.35. The van der Waals surface area contributed by atoms with E-state index in [4.69, 9.17) is 9.47 Å². The Balaban J connectivity index is 1.71. The molecule has 1 aromatic carbocycles. The van der Waals surface area contributed by atoms with Crippen molar-refractivity contribution in [2.75, 3.05) is 50.7 Å². The second-order valence-corrected chi connectivity index (χ2v) is 15.0. The lowest BCUT2D eigenvalue weighted by molar-refractivity contribution is -0.118. The van der Waals surface area contributed by atoms with E-state index in [9.17, 15) is 19.5 Å². The number of rotatable bonds is 12. The Bertz CT molecular complexity index is 1740. The topological polar surface area (TPSA) is 121 Å². The first-order chi connectivity index (χ1) is 23.6. The van der Waals surface area contributed by atoms with Crippen molar-refractivity contribution in [1.82, 2.24) is 4.90 Å². The number of aliphatic hydroxyl groups excluding tert-OH is 1. The van der Waals surface area contributed by atoms with Crippen LogP contribution in [0.4, 0.5) is 11.4 Å². The summed E-state index contributed by atoms with van der Waals surface area (Å²) in [6.07, 6.45) is 5.72. The molecule has 1 saturated heterocycles. The molecule has 0 aromatic heterocycles. The second kappa shape index (κ2) is 14.3. The number of Topliss-reactive ketones (excluding diaryl/α,β-unsaturated/α-hetero) is 1. The van der Waals surface area contributed by atoms with Crippen LogP contribution in [0.2, 0.25) is 0 Å². The smallest absolute Gasteiger partial charge is 0.246 e. The molecule has 50 heavy (non-hydrogen) atoms. The Morgan fingerprint density at radius 3 is 2.12 bits per heavy atom. The van der Waals surface area contributed by atoms with Gasteiger partial charge in [0.2, 0.25) is 17.6 Å². The molecule has 0 spiro atoms. The first-order valence-corrected chi connectivity index (χ1v) is 17.9. The molecule has 2 N–H and O–H groups in total. The molecule has 2 amide bonds. The largest absolute Gasteiger partial charge is 0.506 e. The van der Waals surface area contributed by atoms with Crippen LogP contribution in [0.15, 0.2) is 57.5 Å². The van der Waals surface area contributed by atoms with Crippen LogP contribution in [-0.4, -0.2) is 85.9 Å². The van der Waals surface area contributed by atoms with Crippen molar-refractivity contribution in [2.45, 2.75) is 98.6 Å². The van der Waals surface area contributed by atoms with Crippen molar-refractivity contribution in [3.8, 4) is 0 Å². The zero-order chi connectivity index (χ0) is 36.7. The molecule has 0 bridgehead atoms. The lowest BCUT2D eigenvalue weighted by Crippen LogP contribution is -2.40. The molecule has 0 saturated carbocycles. The monoisotopic (exact) mass is 686 g/mol. The number of ketones is 1. The van der Waals surface area contributed by atoms with Crippen LogP contribution < -0.4 is 10.2 Å². The highest BCUT2D eigenvalue weighted by Crippen LogP contribution is 2.53. The third kappa shape index (κ3) is 6.25. The van der Waals surface area contributed by atoms with Gasteiger partial charge in [0.25, 0.3) is 0 Å². The van der Waals surface area contributed by atoms with Crippen LogP contribution in [-0.2, 0) is 29.3 Å². The number of anilines is 2. The number of methoxy groups -OCH3 is 2. The van der Waals surface area contributed by atoms with Crippen LogP contribution in [0.3, 0.4) is 0 Å². The van der Waals surface area contributed by atoms with E-state index in [-0.39, 0.29) is 63.8 Å². The Hall–Kier alpha value is -4.02. The van der Waals surface area contributed by atoms with Gasteiger partial charge in [0.05, 0.1) is 35.8 Å². The number of ether oxygens (including phenoxy) is 2. The van der Waals surface area contributed by atoms with Crippen LogP contribution in [0.25, 0.3) is 5.57 Å². The van der Waals surface area contributed by atoms with Gasteiger partial charge in [-0.05, 0) is 62.1 Å². The van der Waals surface area contributed by atoms with E-state index in [1.807, 2.05) is 38.1 Å². The number of benzene rings is 1. The number of allylic oxidation sites excluding steroid dienone is 6. The van der Waals surface area contributed by atoms with Crippen LogP contribution in [0.5, 0.6) is 0 Å². The van der Waals surface area contributed by atoms with Crippen molar-refractivity contribution in [3.63, 3.8) is 0 Å². The van der Waals surface area contributed by atoms with E-state index in [1.54, 1.807) is 14.2 Å². The van der Waals surface area contributed by atoms with Crippen molar-refractivity contribution in [2.24, 2.45) is 10.4 Å². The fourth-order valence-corrected chi connectivity index (χ4v) is 7.68. The zero-order valence-electron chi connectivity index (χ0n) is 31.5. The number of amides is 2. The molecule has 5 rings (SSSR count). The number of aliphatic imine (C=N–C) groups is 1. The molecule has 2 aliphatic carbocycles. The summed E-state index contributed by atoms with van der Waals surface area (Å²) in [4.78, 5) is 49.4. The number of nitrogens with zero attached hydrogens (tertiary/aromatic N) is 3. The summed E-state index contributed by atoms with van der Waals surface area (Å²) in [6.45, 7) is 19.2. The summed E-state index contributed by atoms with van der Waals surface area (Å²) in [5.74, 6) is -0.970. The van der Waals surface area contributed by atoms with Gasteiger partial charge < -0.3 is 29.7 Å². The van der Waals surface area contributed by atoms with Gasteiger partial charge in [0.1, 0.15) is 5.76 Å². The number of fused-ring (bicyclic) bond motifs is 2. The third-order valence-corrected chi connectivity index (χ3v) is 11.3. The summed E-state index contributed by atoms with van der Waals surface area (Å²) in [5, 5.41) is 14.9. The number of aliphatic hydroxyl groups is 1. The van der Waals surface area contributed by atoms with E-state index in [2.05, 4.69) is 61.7 Å². The molecule has 1 fully saturated rings. The van der Waals surface area contributed by atoms with E-state index in [0.29, 0.717) is 68.1 Å². The number of likely N-dealkylation sites (tertiary alicyclic amines) is 1. The summed E-state index contributed by atoms with van der Waals surface area (Å²) >= 11 is 0. The van der Waals surface area contributed by atoms with Gasteiger partial charge in [0.15, 0.2) is 0 Å². The van der Waals surface area contributed by atoms with Gasteiger partial charge in [-0.25, -0.2) is 4.99 Å². The molecule has 10 nitrogen and oxygen atoms in total. The van der Waals surface area contributed by atoms with E-state index in [1.165, 1.54) is 0 Å². The van der Waals surface area contributed by atoms with Gasteiger partial charge in [0, 0.05) is 85.6 Å². The molecule has 270 valence electrons. The van der Waals surface area contributed by atoms with Crippen molar-refractivity contribution < 1.29 is 29.0 Å². The molecular formula is C40H54N4O6. The Morgan fingerprint density at radius 1 is 0.900 bits per heavy atom. The fourth-order valence-electron chi connectivity index (χ4n) is 7.68. The van der Waals surface area contributed by atoms with Gasteiger partial charge in [-0.1, -0.05) is 41.5 Å². The standard InChI is InChI=1S/C40H54N4O6/c1-11-13-33(45)41-29-21-31-27(39(5,6)23(3)43(31)15-17-49-9)19-25(29)35-37(47)36(38(35)48)26-20-28-32(22-30(26)42-34(46)14-12-2)44(16-18-50-10)24(4)40(28,7)8/h19-24,47H,11-18H2,1-10H3,(H,41,45)/b36-26-,42-30?. The second-order valence-electron chi connectivity index (χ2n) is 15.0. The number of hydrogen-bond acceptors (Lipinski definition) is 8. The quantitative estimate of drug-likeness (QED) is 0.234.